The maximum Gasteiger partial charge on any atom is 0.338 e. The summed E-state index contributed by atoms with van der Waals surface area (Å²) >= 11 is 2.97. The van der Waals surface area contributed by atoms with Crippen molar-refractivity contribution >= 4 is 46.1 Å². The zero-order valence-corrected chi connectivity index (χ0v) is 20.7. The van der Waals surface area contributed by atoms with Crippen LogP contribution < -0.4 is 10.2 Å². The Morgan fingerprint density at radius 3 is 2.35 bits per heavy atom. The average molecular weight is 497 g/mol. The van der Waals surface area contributed by atoms with Gasteiger partial charge in [0.1, 0.15) is 6.04 Å². The summed E-state index contributed by atoms with van der Waals surface area (Å²) in [5.41, 5.74) is 0.967. The highest BCUT2D eigenvalue weighted by atomic mass is 32.1. The van der Waals surface area contributed by atoms with Crippen LogP contribution in [-0.2, 0) is 20.7 Å². The smallest absolute Gasteiger partial charge is 0.338 e. The van der Waals surface area contributed by atoms with E-state index in [0.29, 0.717) is 11.3 Å². The van der Waals surface area contributed by atoms with Crippen molar-refractivity contribution in [3.63, 3.8) is 0 Å². The molecule has 0 bridgehead atoms. The van der Waals surface area contributed by atoms with Gasteiger partial charge in [-0.15, -0.1) is 22.7 Å². The van der Waals surface area contributed by atoms with Gasteiger partial charge >= 0.3 is 5.97 Å². The van der Waals surface area contributed by atoms with Gasteiger partial charge in [0.05, 0.1) is 18.6 Å². The molecule has 6 nitrogen and oxygen atoms in total. The average Bonchev–Trinajstić information content (AvgIpc) is 3.62. The minimum absolute atomic E-state index is 0.135. The molecule has 34 heavy (non-hydrogen) atoms. The first kappa shape index (κ1) is 24.2. The van der Waals surface area contributed by atoms with Crippen LogP contribution in [0.3, 0.4) is 0 Å². The quantitative estimate of drug-likeness (QED) is 0.405. The van der Waals surface area contributed by atoms with Gasteiger partial charge in [0, 0.05) is 21.5 Å². The second-order valence-electron chi connectivity index (χ2n) is 8.20. The van der Waals surface area contributed by atoms with Gasteiger partial charge in [0.2, 0.25) is 11.8 Å². The summed E-state index contributed by atoms with van der Waals surface area (Å²) in [4.78, 5) is 42.7. The van der Waals surface area contributed by atoms with Crippen molar-refractivity contribution in [2.45, 2.75) is 51.1 Å². The molecular weight excluding hydrogens is 468 g/mol. The molecule has 1 aliphatic rings. The van der Waals surface area contributed by atoms with Crippen LogP contribution in [0.25, 0.3) is 0 Å². The molecule has 1 fully saturated rings. The molecule has 1 aromatic carbocycles. The fraction of sp³-hybridized carbons (Fsp3) is 0.346. The Morgan fingerprint density at radius 1 is 1.03 bits per heavy atom. The standard InChI is InChI=1S/C26H28N2O4S2/c1-2-32-26(31)18-11-13-20(14-12-18)28(23(29)17-21-9-5-15-33-21)24(22-10-6-16-34-22)25(30)27-19-7-3-4-8-19/h5-6,9-16,19,24H,2-4,7-8,17H2,1H3,(H,27,30)/t24-/m1/s1. The predicted molar refractivity (Wildman–Crippen MR) is 135 cm³/mol. The summed E-state index contributed by atoms with van der Waals surface area (Å²) in [6, 6.07) is 13.7. The predicted octanol–water partition coefficient (Wildman–Crippen LogP) is 5.36. The molecule has 1 N–H and O–H groups in total. The normalized spacial score (nSPS) is 14.5. The van der Waals surface area contributed by atoms with Gasteiger partial charge in [0.15, 0.2) is 0 Å². The van der Waals surface area contributed by atoms with E-state index in [0.717, 1.165) is 35.4 Å². The Hall–Kier alpha value is -2.97. The number of ether oxygens (including phenoxy) is 1. The van der Waals surface area contributed by atoms with Crippen LogP contribution in [0.1, 0.15) is 58.8 Å². The highest BCUT2D eigenvalue weighted by Crippen LogP contribution is 2.33. The van der Waals surface area contributed by atoms with Crippen molar-refractivity contribution in [1.82, 2.24) is 5.32 Å². The third-order valence-corrected chi connectivity index (χ3v) is 7.65. The first-order valence-corrected chi connectivity index (χ1v) is 13.3. The number of anilines is 1. The molecule has 2 aromatic heterocycles. The second kappa shape index (κ2) is 11.4. The van der Waals surface area contributed by atoms with E-state index in [1.165, 1.54) is 22.7 Å². The number of benzene rings is 1. The maximum absolute atomic E-state index is 13.7. The molecule has 2 heterocycles. The van der Waals surface area contributed by atoms with Crippen molar-refractivity contribution in [2.75, 3.05) is 11.5 Å². The molecule has 0 radical (unpaired) electrons. The lowest BCUT2D eigenvalue weighted by molar-refractivity contribution is -0.126. The van der Waals surface area contributed by atoms with Gasteiger partial charge < -0.3 is 10.1 Å². The number of carbonyl (C=O) groups is 3. The van der Waals surface area contributed by atoms with Crippen LogP contribution in [0.5, 0.6) is 0 Å². The lowest BCUT2D eigenvalue weighted by Gasteiger charge is -2.31. The molecule has 1 atom stereocenters. The van der Waals surface area contributed by atoms with Crippen molar-refractivity contribution in [3.05, 3.63) is 74.6 Å². The van der Waals surface area contributed by atoms with E-state index in [2.05, 4.69) is 5.32 Å². The summed E-state index contributed by atoms with van der Waals surface area (Å²) in [6.45, 7) is 2.04. The molecule has 1 aliphatic carbocycles. The number of esters is 1. The number of amides is 2. The zero-order valence-electron chi connectivity index (χ0n) is 19.1. The van der Waals surface area contributed by atoms with E-state index in [9.17, 15) is 14.4 Å². The molecule has 4 rings (SSSR count). The Bertz CT molecular complexity index is 1090. The molecule has 178 valence electrons. The number of hydrogen-bond acceptors (Lipinski definition) is 6. The van der Waals surface area contributed by atoms with Crippen molar-refractivity contribution < 1.29 is 19.1 Å². The summed E-state index contributed by atoms with van der Waals surface area (Å²) in [5.74, 6) is -0.769. The van der Waals surface area contributed by atoms with E-state index in [-0.39, 0.29) is 30.9 Å². The van der Waals surface area contributed by atoms with E-state index in [4.69, 9.17) is 4.74 Å². The fourth-order valence-corrected chi connectivity index (χ4v) is 5.74. The SMILES string of the molecule is CCOC(=O)c1ccc(N(C(=O)Cc2cccs2)[C@@H](C(=O)NC2CCCC2)c2cccs2)cc1. The van der Waals surface area contributed by atoms with E-state index >= 15 is 0 Å². The van der Waals surface area contributed by atoms with Gasteiger partial charge in [-0.25, -0.2) is 4.79 Å². The molecule has 2 amide bonds. The lowest BCUT2D eigenvalue weighted by Crippen LogP contribution is -2.46. The first-order valence-electron chi connectivity index (χ1n) is 11.5. The molecule has 1 saturated carbocycles. The number of carbonyl (C=O) groups excluding carboxylic acids is 3. The Balaban J connectivity index is 1.70. The number of thiophene rings is 2. The van der Waals surface area contributed by atoms with Gasteiger partial charge in [-0.05, 0) is 66.9 Å². The lowest BCUT2D eigenvalue weighted by atomic mass is 10.1. The van der Waals surface area contributed by atoms with Crippen molar-refractivity contribution in [2.24, 2.45) is 0 Å². The third-order valence-electron chi connectivity index (χ3n) is 5.85. The number of rotatable bonds is 9. The van der Waals surface area contributed by atoms with E-state index in [1.54, 1.807) is 36.1 Å². The third kappa shape index (κ3) is 5.74. The molecule has 8 heteroatoms. The summed E-state index contributed by atoms with van der Waals surface area (Å²) in [6.07, 6.45) is 4.31. The summed E-state index contributed by atoms with van der Waals surface area (Å²) in [7, 11) is 0. The minimum atomic E-state index is -0.790. The highest BCUT2D eigenvalue weighted by Gasteiger charge is 2.35. The van der Waals surface area contributed by atoms with Gasteiger partial charge in [0.25, 0.3) is 0 Å². The Kier molecular flexibility index (Phi) is 8.13. The van der Waals surface area contributed by atoms with Crippen LogP contribution in [-0.4, -0.2) is 30.4 Å². The van der Waals surface area contributed by atoms with Crippen LogP contribution in [0.15, 0.2) is 59.3 Å². The van der Waals surface area contributed by atoms with Crippen LogP contribution >= 0.6 is 22.7 Å². The Morgan fingerprint density at radius 2 is 1.74 bits per heavy atom. The molecule has 0 aliphatic heterocycles. The van der Waals surface area contributed by atoms with Gasteiger partial charge in [-0.1, -0.05) is 25.0 Å². The monoisotopic (exact) mass is 496 g/mol. The minimum Gasteiger partial charge on any atom is -0.462 e. The van der Waals surface area contributed by atoms with E-state index < -0.39 is 12.0 Å². The zero-order chi connectivity index (χ0) is 23.9. The van der Waals surface area contributed by atoms with Crippen LogP contribution in [0.2, 0.25) is 0 Å². The number of nitrogens with one attached hydrogen (secondary N) is 1. The van der Waals surface area contributed by atoms with Gasteiger partial charge in [-0.2, -0.15) is 0 Å². The molecule has 0 unspecified atom stereocenters. The molecule has 3 aromatic rings. The highest BCUT2D eigenvalue weighted by molar-refractivity contribution is 7.10. The van der Waals surface area contributed by atoms with Crippen LogP contribution in [0.4, 0.5) is 5.69 Å². The van der Waals surface area contributed by atoms with Crippen molar-refractivity contribution in [1.29, 1.82) is 0 Å². The maximum atomic E-state index is 13.7. The fourth-order valence-electron chi connectivity index (χ4n) is 4.23. The van der Waals surface area contributed by atoms with Crippen LogP contribution in [0, 0.1) is 0 Å². The van der Waals surface area contributed by atoms with Gasteiger partial charge in [-0.3, -0.25) is 14.5 Å². The number of nitrogens with zero attached hydrogens (tertiary/aromatic N) is 1. The second-order valence-corrected chi connectivity index (χ2v) is 10.2. The Labute approximate surface area is 207 Å². The number of hydrogen-bond donors (Lipinski definition) is 1. The first-order chi connectivity index (χ1) is 16.6. The molecule has 0 saturated heterocycles. The van der Waals surface area contributed by atoms with E-state index in [1.807, 2.05) is 35.0 Å². The molecule has 0 spiro atoms. The van der Waals surface area contributed by atoms with Crippen molar-refractivity contribution in [3.8, 4) is 0 Å². The summed E-state index contributed by atoms with van der Waals surface area (Å²) in [5, 5.41) is 7.03. The summed E-state index contributed by atoms with van der Waals surface area (Å²) < 4.78 is 5.08. The largest absolute Gasteiger partial charge is 0.462 e. The topological polar surface area (TPSA) is 75.7 Å². The molecular formula is C26H28N2O4S2.